The third kappa shape index (κ3) is 3.80. The zero-order chi connectivity index (χ0) is 23.0. The van der Waals surface area contributed by atoms with Crippen LogP contribution in [-0.2, 0) is 24.9 Å². The number of imidazole rings is 1. The average Bonchev–Trinajstić information content (AvgIpc) is 3.29. The number of nitrogens with zero attached hydrogens (tertiary/aromatic N) is 6. The normalized spacial score (nSPS) is 11.5. The van der Waals surface area contributed by atoms with Crippen LogP contribution in [0.3, 0.4) is 0 Å². The van der Waals surface area contributed by atoms with Crippen LogP contribution in [0, 0.1) is 20.8 Å². The third-order valence-electron chi connectivity index (χ3n) is 5.50. The van der Waals surface area contributed by atoms with Crippen molar-refractivity contribution in [3.05, 3.63) is 73.7 Å². The average molecular weight is 437 g/mol. The van der Waals surface area contributed by atoms with Crippen molar-refractivity contribution in [2.75, 3.05) is 13.2 Å². The van der Waals surface area contributed by atoms with Crippen molar-refractivity contribution >= 4 is 11.2 Å². The predicted octanol–water partition coefficient (Wildman–Crippen LogP) is 2.09. The summed E-state index contributed by atoms with van der Waals surface area (Å²) >= 11 is 0. The van der Waals surface area contributed by atoms with E-state index in [1.54, 1.807) is 16.3 Å². The zero-order valence-corrected chi connectivity index (χ0v) is 19.1. The van der Waals surface area contributed by atoms with E-state index >= 15 is 0 Å². The lowest BCUT2D eigenvalue weighted by molar-refractivity contribution is 0.139. The van der Waals surface area contributed by atoms with Gasteiger partial charge in [0.1, 0.15) is 0 Å². The molecule has 0 aliphatic carbocycles. The van der Waals surface area contributed by atoms with Gasteiger partial charge in [-0.15, -0.1) is 0 Å². The number of fused-ring (bicyclic) bond motifs is 1. The molecule has 0 aliphatic rings. The molecular formula is C23H28N6O3. The topological polar surface area (TPSA) is 88.9 Å². The van der Waals surface area contributed by atoms with Gasteiger partial charge in [0.2, 0.25) is 5.95 Å². The highest BCUT2D eigenvalue weighted by atomic mass is 16.5. The monoisotopic (exact) mass is 436 g/mol. The Hall–Kier alpha value is -3.46. The number of hydrogen-bond donors (Lipinski definition) is 0. The predicted molar refractivity (Wildman–Crippen MR) is 123 cm³/mol. The molecule has 9 nitrogen and oxygen atoms in total. The highest BCUT2D eigenvalue weighted by molar-refractivity contribution is 5.72. The summed E-state index contributed by atoms with van der Waals surface area (Å²) in [6.45, 7) is 9.32. The second kappa shape index (κ2) is 8.58. The number of hydrogen-bond acceptors (Lipinski definition) is 5. The second-order valence-corrected chi connectivity index (χ2v) is 7.99. The molecule has 0 N–H and O–H groups in total. The molecule has 0 atom stereocenters. The minimum atomic E-state index is -0.404. The maximum absolute atomic E-state index is 13.6. The van der Waals surface area contributed by atoms with Gasteiger partial charge in [-0.1, -0.05) is 29.8 Å². The molecule has 32 heavy (non-hydrogen) atoms. The molecule has 9 heteroatoms. The lowest BCUT2D eigenvalue weighted by Crippen LogP contribution is -2.40. The zero-order valence-electron chi connectivity index (χ0n) is 19.1. The number of ether oxygens (including phenoxy) is 1. The molecule has 4 rings (SSSR count). The van der Waals surface area contributed by atoms with E-state index in [2.05, 4.69) is 10.1 Å². The van der Waals surface area contributed by atoms with Gasteiger partial charge in [-0.25, -0.2) is 9.48 Å². The van der Waals surface area contributed by atoms with Crippen LogP contribution in [0.25, 0.3) is 17.1 Å². The molecule has 0 bridgehead atoms. The first-order valence-electron chi connectivity index (χ1n) is 10.7. The molecule has 3 aromatic heterocycles. The maximum atomic E-state index is 13.6. The standard InChI is InChI=1S/C23H28N6O3/c1-6-32-11-10-27-19-20(24-22(27)29-17(4)13-16(3)25-29)26(5)23(31)28(21(19)30)14-18-9-7-8-15(2)12-18/h7-9,12-13H,6,10-11,14H2,1-5H3. The van der Waals surface area contributed by atoms with Crippen molar-refractivity contribution in [3.8, 4) is 5.95 Å². The van der Waals surface area contributed by atoms with Crippen molar-refractivity contribution in [2.45, 2.75) is 40.8 Å². The Balaban J connectivity index is 1.97. The Morgan fingerprint density at radius 1 is 1.06 bits per heavy atom. The van der Waals surface area contributed by atoms with Crippen LogP contribution in [0.15, 0.2) is 39.9 Å². The van der Waals surface area contributed by atoms with Crippen LogP contribution < -0.4 is 11.2 Å². The van der Waals surface area contributed by atoms with Gasteiger partial charge in [0.15, 0.2) is 11.2 Å². The van der Waals surface area contributed by atoms with Gasteiger partial charge in [-0.3, -0.25) is 13.9 Å². The van der Waals surface area contributed by atoms with Crippen LogP contribution in [0.5, 0.6) is 0 Å². The molecule has 168 valence electrons. The Labute approximate surface area is 185 Å². The quantitative estimate of drug-likeness (QED) is 0.414. The van der Waals surface area contributed by atoms with Crippen molar-refractivity contribution in [3.63, 3.8) is 0 Å². The van der Waals surface area contributed by atoms with E-state index in [4.69, 9.17) is 4.74 Å². The summed E-state index contributed by atoms with van der Waals surface area (Å²) < 4.78 is 11.8. The maximum Gasteiger partial charge on any atom is 0.332 e. The molecule has 0 spiro atoms. The van der Waals surface area contributed by atoms with Crippen LogP contribution in [-0.4, -0.2) is 41.7 Å². The first-order chi connectivity index (χ1) is 15.3. The SMILES string of the molecule is CCOCCn1c(-n2nc(C)cc2C)nc2c1c(=O)n(Cc1cccc(C)c1)c(=O)n2C. The molecule has 0 unspecified atom stereocenters. The molecule has 0 aliphatic heterocycles. The fourth-order valence-corrected chi connectivity index (χ4v) is 4.00. The molecular weight excluding hydrogens is 408 g/mol. The van der Waals surface area contributed by atoms with Crippen molar-refractivity contribution in [1.82, 2.24) is 28.5 Å². The highest BCUT2D eigenvalue weighted by Crippen LogP contribution is 2.17. The Morgan fingerprint density at radius 3 is 2.50 bits per heavy atom. The number of aromatic nitrogens is 6. The molecule has 1 aromatic carbocycles. The van der Waals surface area contributed by atoms with Crippen LogP contribution in [0.4, 0.5) is 0 Å². The summed E-state index contributed by atoms with van der Waals surface area (Å²) in [6.07, 6.45) is 0. The van der Waals surface area contributed by atoms with E-state index in [0.29, 0.717) is 36.9 Å². The van der Waals surface area contributed by atoms with Crippen molar-refractivity contribution in [1.29, 1.82) is 0 Å². The molecule has 3 heterocycles. The lowest BCUT2D eigenvalue weighted by atomic mass is 10.1. The molecule has 0 fully saturated rings. The van der Waals surface area contributed by atoms with E-state index < -0.39 is 5.69 Å². The summed E-state index contributed by atoms with van der Waals surface area (Å²) in [5, 5.41) is 4.54. The molecule has 0 saturated carbocycles. The fraction of sp³-hybridized carbons (Fsp3) is 0.391. The van der Waals surface area contributed by atoms with Crippen LogP contribution >= 0.6 is 0 Å². The minimum Gasteiger partial charge on any atom is -0.380 e. The van der Waals surface area contributed by atoms with Crippen LogP contribution in [0.1, 0.15) is 29.4 Å². The summed E-state index contributed by atoms with van der Waals surface area (Å²) in [4.78, 5) is 31.4. The van der Waals surface area contributed by atoms with Crippen LogP contribution in [0.2, 0.25) is 0 Å². The highest BCUT2D eigenvalue weighted by Gasteiger charge is 2.22. The number of rotatable bonds is 7. The van der Waals surface area contributed by atoms with Gasteiger partial charge in [-0.05, 0) is 39.3 Å². The Kier molecular flexibility index (Phi) is 5.84. The van der Waals surface area contributed by atoms with Crippen molar-refractivity contribution < 1.29 is 4.74 Å². The molecule has 4 aromatic rings. The van der Waals surface area contributed by atoms with E-state index in [0.717, 1.165) is 22.5 Å². The van der Waals surface area contributed by atoms with Crippen molar-refractivity contribution in [2.24, 2.45) is 7.05 Å². The summed E-state index contributed by atoms with van der Waals surface area (Å²) in [5.74, 6) is 0.491. The van der Waals surface area contributed by atoms with Gasteiger partial charge >= 0.3 is 5.69 Å². The summed E-state index contributed by atoms with van der Waals surface area (Å²) in [5.41, 5.74) is 3.61. The van der Waals surface area contributed by atoms with Gasteiger partial charge < -0.3 is 9.30 Å². The Bertz CT molecular complexity index is 1410. The first-order valence-corrected chi connectivity index (χ1v) is 10.7. The second-order valence-electron chi connectivity index (χ2n) is 7.99. The fourth-order valence-electron chi connectivity index (χ4n) is 4.00. The summed E-state index contributed by atoms with van der Waals surface area (Å²) in [7, 11) is 1.64. The lowest BCUT2D eigenvalue weighted by Gasteiger charge is -2.12. The van der Waals surface area contributed by atoms with E-state index in [9.17, 15) is 9.59 Å². The van der Waals surface area contributed by atoms with E-state index in [1.165, 1.54) is 9.13 Å². The molecule has 0 radical (unpaired) electrons. The van der Waals surface area contributed by atoms with E-state index in [-0.39, 0.29) is 12.1 Å². The van der Waals surface area contributed by atoms with Gasteiger partial charge in [0.05, 0.1) is 18.8 Å². The van der Waals surface area contributed by atoms with Gasteiger partial charge in [0, 0.05) is 25.9 Å². The number of benzene rings is 1. The first kappa shape index (κ1) is 21.8. The van der Waals surface area contributed by atoms with Gasteiger partial charge in [0.25, 0.3) is 5.56 Å². The van der Waals surface area contributed by atoms with Gasteiger partial charge in [-0.2, -0.15) is 10.1 Å². The summed E-state index contributed by atoms with van der Waals surface area (Å²) in [6, 6.07) is 9.74. The van der Waals surface area contributed by atoms with E-state index in [1.807, 2.05) is 58.0 Å². The largest absolute Gasteiger partial charge is 0.380 e. The Morgan fingerprint density at radius 2 is 1.84 bits per heavy atom. The third-order valence-corrected chi connectivity index (χ3v) is 5.50. The number of aryl methyl sites for hydroxylation is 4. The minimum absolute atomic E-state index is 0.189. The smallest absolute Gasteiger partial charge is 0.332 e. The molecule has 0 saturated heterocycles. The molecule has 0 amide bonds.